The Balaban J connectivity index is 2.44. The molecule has 0 spiro atoms. The standard InChI is InChI=1S/C13H18BrNO2/c1-9-7-11(14)8-10(2)13(9)15-6-4-3-5-12(16)17/h7-8,15H,3-6H2,1-2H3,(H,16,17). The molecule has 4 heteroatoms. The van der Waals surface area contributed by atoms with Gasteiger partial charge in [0.15, 0.2) is 0 Å². The fraction of sp³-hybridized carbons (Fsp3) is 0.462. The average Bonchev–Trinajstić information content (AvgIpc) is 2.20. The molecular formula is C13H18BrNO2. The Bertz CT molecular complexity index is 381. The predicted molar refractivity (Wildman–Crippen MR) is 73.6 cm³/mol. The molecule has 1 rings (SSSR count). The van der Waals surface area contributed by atoms with Gasteiger partial charge in [-0.05, 0) is 49.9 Å². The number of anilines is 1. The lowest BCUT2D eigenvalue weighted by molar-refractivity contribution is -0.137. The summed E-state index contributed by atoms with van der Waals surface area (Å²) in [5.74, 6) is -0.721. The Morgan fingerprint density at radius 3 is 2.41 bits per heavy atom. The fourth-order valence-corrected chi connectivity index (χ4v) is 2.49. The monoisotopic (exact) mass is 299 g/mol. The molecule has 3 nitrogen and oxygen atoms in total. The molecule has 0 fully saturated rings. The van der Waals surface area contributed by atoms with Crippen LogP contribution in [0.2, 0.25) is 0 Å². The lowest BCUT2D eigenvalue weighted by Gasteiger charge is -2.13. The Kier molecular flexibility index (Phi) is 5.48. The SMILES string of the molecule is Cc1cc(Br)cc(C)c1NCCCCC(=O)O. The molecule has 0 aliphatic rings. The molecule has 0 bridgehead atoms. The normalized spacial score (nSPS) is 10.3. The number of carboxylic acid groups (broad SMARTS) is 1. The van der Waals surface area contributed by atoms with Crippen molar-refractivity contribution in [2.45, 2.75) is 33.1 Å². The van der Waals surface area contributed by atoms with Crippen LogP contribution >= 0.6 is 15.9 Å². The molecule has 0 radical (unpaired) electrons. The van der Waals surface area contributed by atoms with Crippen molar-refractivity contribution in [3.05, 3.63) is 27.7 Å². The number of hydrogen-bond acceptors (Lipinski definition) is 2. The van der Waals surface area contributed by atoms with Gasteiger partial charge in [-0.25, -0.2) is 0 Å². The van der Waals surface area contributed by atoms with E-state index in [1.807, 2.05) is 0 Å². The second kappa shape index (κ2) is 6.64. The highest BCUT2D eigenvalue weighted by molar-refractivity contribution is 9.10. The number of unbranched alkanes of at least 4 members (excludes halogenated alkanes) is 1. The van der Waals surface area contributed by atoms with E-state index < -0.39 is 5.97 Å². The van der Waals surface area contributed by atoms with Crippen molar-refractivity contribution in [1.82, 2.24) is 0 Å². The largest absolute Gasteiger partial charge is 0.481 e. The third-order valence-electron chi connectivity index (χ3n) is 2.62. The summed E-state index contributed by atoms with van der Waals surface area (Å²) in [6.07, 6.45) is 1.85. The van der Waals surface area contributed by atoms with Gasteiger partial charge in [0.25, 0.3) is 0 Å². The van der Waals surface area contributed by atoms with E-state index in [0.29, 0.717) is 0 Å². The van der Waals surface area contributed by atoms with E-state index in [9.17, 15) is 4.79 Å². The summed E-state index contributed by atoms with van der Waals surface area (Å²) in [6.45, 7) is 4.95. The first kappa shape index (κ1) is 14.0. The van der Waals surface area contributed by atoms with Gasteiger partial charge in [-0.15, -0.1) is 0 Å². The van der Waals surface area contributed by atoms with Gasteiger partial charge in [0.05, 0.1) is 0 Å². The molecule has 0 amide bonds. The minimum absolute atomic E-state index is 0.250. The number of aliphatic carboxylic acids is 1. The average molecular weight is 300 g/mol. The molecule has 0 unspecified atom stereocenters. The summed E-state index contributed by atoms with van der Waals surface area (Å²) in [6, 6.07) is 4.15. The Morgan fingerprint density at radius 1 is 1.29 bits per heavy atom. The number of benzene rings is 1. The van der Waals surface area contributed by atoms with E-state index in [1.165, 1.54) is 11.1 Å². The maximum atomic E-state index is 10.4. The highest BCUT2D eigenvalue weighted by atomic mass is 79.9. The molecule has 0 atom stereocenters. The predicted octanol–water partition coefficient (Wildman–Crippen LogP) is 3.73. The van der Waals surface area contributed by atoms with E-state index >= 15 is 0 Å². The Hall–Kier alpha value is -1.03. The van der Waals surface area contributed by atoms with E-state index in [4.69, 9.17) is 5.11 Å². The van der Waals surface area contributed by atoms with Crippen molar-refractivity contribution in [3.8, 4) is 0 Å². The summed E-state index contributed by atoms with van der Waals surface area (Å²) in [5, 5.41) is 11.9. The molecule has 2 N–H and O–H groups in total. The lowest BCUT2D eigenvalue weighted by Crippen LogP contribution is -2.05. The second-order valence-corrected chi connectivity index (χ2v) is 5.11. The number of carbonyl (C=O) groups is 1. The van der Waals surface area contributed by atoms with Crippen molar-refractivity contribution < 1.29 is 9.90 Å². The number of aryl methyl sites for hydroxylation is 2. The summed E-state index contributed by atoms with van der Waals surface area (Å²) in [4.78, 5) is 10.4. The van der Waals surface area contributed by atoms with Gasteiger partial charge in [-0.1, -0.05) is 15.9 Å². The van der Waals surface area contributed by atoms with Crippen molar-refractivity contribution in [1.29, 1.82) is 0 Å². The van der Waals surface area contributed by atoms with Gasteiger partial charge in [-0.2, -0.15) is 0 Å². The molecule has 0 heterocycles. The van der Waals surface area contributed by atoms with Gasteiger partial charge in [0, 0.05) is 23.1 Å². The summed E-state index contributed by atoms with van der Waals surface area (Å²) in [7, 11) is 0. The summed E-state index contributed by atoms with van der Waals surface area (Å²) >= 11 is 3.46. The molecule has 0 saturated carbocycles. The zero-order chi connectivity index (χ0) is 12.8. The van der Waals surface area contributed by atoms with Crippen LogP contribution in [-0.2, 0) is 4.79 Å². The third kappa shape index (κ3) is 4.77. The minimum Gasteiger partial charge on any atom is -0.481 e. The maximum absolute atomic E-state index is 10.4. The third-order valence-corrected chi connectivity index (χ3v) is 3.07. The molecule has 17 heavy (non-hydrogen) atoms. The Labute approximate surface area is 110 Å². The van der Waals surface area contributed by atoms with Crippen LogP contribution in [0.5, 0.6) is 0 Å². The van der Waals surface area contributed by atoms with Gasteiger partial charge < -0.3 is 10.4 Å². The van der Waals surface area contributed by atoms with E-state index in [0.717, 1.165) is 29.5 Å². The van der Waals surface area contributed by atoms with Crippen LogP contribution in [0.25, 0.3) is 0 Å². The van der Waals surface area contributed by atoms with Crippen LogP contribution < -0.4 is 5.32 Å². The molecule has 94 valence electrons. The van der Waals surface area contributed by atoms with E-state index in [2.05, 4.69) is 47.2 Å². The first-order valence-corrected chi connectivity index (χ1v) is 6.52. The van der Waals surface area contributed by atoms with Gasteiger partial charge in [0.1, 0.15) is 0 Å². The second-order valence-electron chi connectivity index (χ2n) is 4.19. The van der Waals surface area contributed by atoms with Crippen molar-refractivity contribution in [3.63, 3.8) is 0 Å². The molecular weight excluding hydrogens is 282 g/mol. The van der Waals surface area contributed by atoms with E-state index in [-0.39, 0.29) is 6.42 Å². The molecule has 0 aromatic heterocycles. The number of halogens is 1. The fourth-order valence-electron chi connectivity index (χ4n) is 1.80. The van der Waals surface area contributed by atoms with Crippen LogP contribution in [0.1, 0.15) is 30.4 Å². The van der Waals surface area contributed by atoms with Gasteiger partial charge in [-0.3, -0.25) is 4.79 Å². The maximum Gasteiger partial charge on any atom is 0.303 e. The number of nitrogens with one attached hydrogen (secondary N) is 1. The smallest absolute Gasteiger partial charge is 0.303 e. The molecule has 0 aliphatic heterocycles. The highest BCUT2D eigenvalue weighted by Crippen LogP contribution is 2.25. The zero-order valence-electron chi connectivity index (χ0n) is 10.2. The summed E-state index contributed by atoms with van der Waals surface area (Å²) in [5.41, 5.74) is 3.56. The van der Waals surface area contributed by atoms with Crippen LogP contribution in [0.4, 0.5) is 5.69 Å². The van der Waals surface area contributed by atoms with Gasteiger partial charge >= 0.3 is 5.97 Å². The van der Waals surface area contributed by atoms with Crippen LogP contribution in [0, 0.1) is 13.8 Å². The van der Waals surface area contributed by atoms with Crippen molar-refractivity contribution in [2.75, 3.05) is 11.9 Å². The molecule has 0 saturated heterocycles. The molecule has 0 aliphatic carbocycles. The molecule has 1 aromatic carbocycles. The van der Waals surface area contributed by atoms with Crippen molar-refractivity contribution in [2.24, 2.45) is 0 Å². The number of hydrogen-bond donors (Lipinski definition) is 2. The first-order chi connectivity index (χ1) is 8.00. The van der Waals surface area contributed by atoms with Gasteiger partial charge in [0.2, 0.25) is 0 Å². The van der Waals surface area contributed by atoms with E-state index in [1.54, 1.807) is 0 Å². The van der Waals surface area contributed by atoms with Crippen LogP contribution in [0.15, 0.2) is 16.6 Å². The first-order valence-electron chi connectivity index (χ1n) is 5.73. The van der Waals surface area contributed by atoms with Crippen LogP contribution in [-0.4, -0.2) is 17.6 Å². The zero-order valence-corrected chi connectivity index (χ0v) is 11.8. The minimum atomic E-state index is -0.721. The number of carboxylic acids is 1. The van der Waals surface area contributed by atoms with Crippen LogP contribution in [0.3, 0.4) is 0 Å². The summed E-state index contributed by atoms with van der Waals surface area (Å²) < 4.78 is 1.09. The number of rotatable bonds is 6. The quantitative estimate of drug-likeness (QED) is 0.787. The Morgan fingerprint density at radius 2 is 1.88 bits per heavy atom. The van der Waals surface area contributed by atoms with Crippen molar-refractivity contribution >= 4 is 27.6 Å². The highest BCUT2D eigenvalue weighted by Gasteiger charge is 2.03. The topological polar surface area (TPSA) is 49.3 Å². The lowest BCUT2D eigenvalue weighted by atomic mass is 10.1. The molecule has 1 aromatic rings.